The smallest absolute Gasteiger partial charge is 0.412 e. The highest BCUT2D eigenvalue weighted by molar-refractivity contribution is 5.85. The number of hydrogen-bond acceptors (Lipinski definition) is 4. The normalized spacial score (nSPS) is 10.9. The number of aryl methyl sites for hydroxylation is 1. The van der Waals surface area contributed by atoms with Crippen LogP contribution in [0.25, 0.3) is 0 Å². The Bertz CT molecular complexity index is 763. The first kappa shape index (κ1) is 18.5. The molecule has 2 rings (SSSR count). The second-order valence-electron chi connectivity index (χ2n) is 6.71. The third-order valence-corrected chi connectivity index (χ3v) is 3.42. The number of ether oxygens (including phenoxy) is 2. The van der Waals surface area contributed by atoms with Crippen molar-refractivity contribution in [1.82, 2.24) is 0 Å². The van der Waals surface area contributed by atoms with Gasteiger partial charge in [0.05, 0.1) is 5.69 Å². The van der Waals surface area contributed by atoms with Crippen molar-refractivity contribution < 1.29 is 19.1 Å². The van der Waals surface area contributed by atoms with Gasteiger partial charge in [-0.15, -0.1) is 0 Å². The Labute approximate surface area is 148 Å². The summed E-state index contributed by atoms with van der Waals surface area (Å²) >= 11 is 0. The molecule has 1 N–H and O–H groups in total. The van der Waals surface area contributed by atoms with E-state index in [9.17, 15) is 9.59 Å². The second-order valence-corrected chi connectivity index (χ2v) is 6.71. The van der Waals surface area contributed by atoms with Crippen molar-refractivity contribution in [3.05, 3.63) is 59.2 Å². The molecule has 2 aromatic rings. The van der Waals surface area contributed by atoms with Crippen molar-refractivity contribution in [2.75, 3.05) is 5.32 Å². The van der Waals surface area contributed by atoms with Crippen LogP contribution in [-0.2, 0) is 11.3 Å². The molecule has 132 valence electrons. The maximum atomic E-state index is 12.0. The van der Waals surface area contributed by atoms with Crippen molar-refractivity contribution in [2.24, 2.45) is 0 Å². The summed E-state index contributed by atoms with van der Waals surface area (Å²) in [5.41, 5.74) is 2.36. The molecule has 0 heterocycles. The van der Waals surface area contributed by atoms with Gasteiger partial charge in [0.15, 0.2) is 0 Å². The number of nitrogens with one attached hydrogen (secondary N) is 1. The predicted octanol–water partition coefficient (Wildman–Crippen LogP) is 4.73. The third-order valence-electron chi connectivity index (χ3n) is 3.42. The fraction of sp³-hybridized carbons (Fsp3) is 0.300. The Morgan fingerprint density at radius 2 is 1.88 bits per heavy atom. The molecular weight excluding hydrogens is 318 g/mol. The van der Waals surface area contributed by atoms with Crippen LogP contribution in [0.15, 0.2) is 42.5 Å². The second kappa shape index (κ2) is 7.83. The molecule has 0 aliphatic rings. The molecule has 0 atom stereocenters. The summed E-state index contributed by atoms with van der Waals surface area (Å²) in [5.74, 6) is 0.597. The van der Waals surface area contributed by atoms with Gasteiger partial charge in [0, 0.05) is 11.1 Å². The van der Waals surface area contributed by atoms with Gasteiger partial charge >= 0.3 is 6.09 Å². The zero-order valence-electron chi connectivity index (χ0n) is 15.0. The minimum Gasteiger partial charge on any atom is -0.489 e. The van der Waals surface area contributed by atoms with Crippen LogP contribution >= 0.6 is 0 Å². The first-order chi connectivity index (χ1) is 11.8. The summed E-state index contributed by atoms with van der Waals surface area (Å²) in [7, 11) is 0. The SMILES string of the molecule is Cc1ccc(OCc2ccccc2NC(=O)OC(C)(C)C)cc1C=O. The summed E-state index contributed by atoms with van der Waals surface area (Å²) in [6.07, 6.45) is 0.291. The van der Waals surface area contributed by atoms with Crippen molar-refractivity contribution in [3.63, 3.8) is 0 Å². The number of carbonyl (C=O) groups excluding carboxylic acids is 2. The number of carbonyl (C=O) groups is 2. The molecule has 0 saturated heterocycles. The summed E-state index contributed by atoms with van der Waals surface area (Å²) < 4.78 is 11.0. The summed E-state index contributed by atoms with van der Waals surface area (Å²) in [4.78, 5) is 23.0. The molecular formula is C20H23NO4. The van der Waals surface area contributed by atoms with Gasteiger partial charge in [-0.2, -0.15) is 0 Å². The quantitative estimate of drug-likeness (QED) is 0.798. The van der Waals surface area contributed by atoms with Crippen LogP contribution in [-0.4, -0.2) is 18.0 Å². The molecule has 25 heavy (non-hydrogen) atoms. The molecule has 0 saturated carbocycles. The van der Waals surface area contributed by atoms with Crippen LogP contribution < -0.4 is 10.1 Å². The van der Waals surface area contributed by atoms with Gasteiger partial charge in [0.2, 0.25) is 0 Å². The molecule has 0 fully saturated rings. The number of amides is 1. The first-order valence-electron chi connectivity index (χ1n) is 8.05. The average molecular weight is 341 g/mol. The van der Waals surface area contributed by atoms with Crippen LogP contribution in [0.3, 0.4) is 0 Å². The number of aldehydes is 1. The van der Waals surface area contributed by atoms with Crippen molar-refractivity contribution >= 4 is 18.1 Å². The molecule has 0 unspecified atom stereocenters. The summed E-state index contributed by atoms with van der Waals surface area (Å²) in [6, 6.07) is 12.7. The molecule has 5 nitrogen and oxygen atoms in total. The maximum Gasteiger partial charge on any atom is 0.412 e. The zero-order valence-corrected chi connectivity index (χ0v) is 15.0. The molecule has 0 spiro atoms. The molecule has 0 bridgehead atoms. The number of benzene rings is 2. The molecule has 0 aliphatic carbocycles. The lowest BCUT2D eigenvalue weighted by molar-refractivity contribution is 0.0635. The predicted molar refractivity (Wildman–Crippen MR) is 97.2 cm³/mol. The van der Waals surface area contributed by atoms with Crippen LogP contribution in [0, 0.1) is 6.92 Å². The highest BCUT2D eigenvalue weighted by atomic mass is 16.6. The van der Waals surface area contributed by atoms with E-state index < -0.39 is 11.7 Å². The first-order valence-corrected chi connectivity index (χ1v) is 8.05. The summed E-state index contributed by atoms with van der Waals surface area (Å²) in [5, 5.41) is 2.74. The maximum absolute atomic E-state index is 12.0. The van der Waals surface area contributed by atoms with Crippen molar-refractivity contribution in [3.8, 4) is 5.75 Å². The van der Waals surface area contributed by atoms with E-state index in [2.05, 4.69) is 5.32 Å². The van der Waals surface area contributed by atoms with E-state index in [0.717, 1.165) is 17.4 Å². The van der Waals surface area contributed by atoms with Gasteiger partial charge < -0.3 is 9.47 Å². The number of rotatable bonds is 5. The molecule has 5 heteroatoms. The highest BCUT2D eigenvalue weighted by Gasteiger charge is 2.17. The van der Waals surface area contributed by atoms with Crippen LogP contribution in [0.1, 0.15) is 42.3 Å². The lowest BCUT2D eigenvalue weighted by atomic mass is 10.1. The average Bonchev–Trinajstić information content (AvgIpc) is 2.53. The monoisotopic (exact) mass is 341 g/mol. The van der Waals surface area contributed by atoms with Crippen molar-refractivity contribution in [2.45, 2.75) is 39.9 Å². The molecule has 0 aromatic heterocycles. The Kier molecular flexibility index (Phi) is 5.80. The standard InChI is InChI=1S/C20H23NO4/c1-14-9-10-17(11-16(14)12-22)24-13-15-7-5-6-8-18(15)21-19(23)25-20(2,3)4/h5-12H,13H2,1-4H3,(H,21,23). The van der Waals surface area contributed by atoms with E-state index in [4.69, 9.17) is 9.47 Å². The highest BCUT2D eigenvalue weighted by Crippen LogP contribution is 2.21. The molecule has 1 amide bonds. The topological polar surface area (TPSA) is 64.6 Å². The fourth-order valence-corrected chi connectivity index (χ4v) is 2.18. The van der Waals surface area contributed by atoms with Gasteiger partial charge in [0.25, 0.3) is 0 Å². The fourth-order valence-electron chi connectivity index (χ4n) is 2.18. The van der Waals surface area contributed by atoms with E-state index in [1.807, 2.05) is 58.0 Å². The minimum atomic E-state index is -0.567. The largest absolute Gasteiger partial charge is 0.489 e. The van der Waals surface area contributed by atoms with Gasteiger partial charge in [-0.1, -0.05) is 24.3 Å². The Morgan fingerprint density at radius 3 is 2.56 bits per heavy atom. The molecule has 0 aliphatic heterocycles. The Morgan fingerprint density at radius 1 is 1.16 bits per heavy atom. The van der Waals surface area contributed by atoms with E-state index >= 15 is 0 Å². The summed E-state index contributed by atoms with van der Waals surface area (Å²) in [6.45, 7) is 7.55. The molecule has 0 radical (unpaired) electrons. The number of para-hydroxylation sites is 1. The lowest BCUT2D eigenvalue weighted by Crippen LogP contribution is -2.27. The minimum absolute atomic E-state index is 0.257. The Balaban J connectivity index is 2.08. The van der Waals surface area contributed by atoms with Crippen LogP contribution in [0.2, 0.25) is 0 Å². The van der Waals surface area contributed by atoms with Crippen LogP contribution in [0.4, 0.5) is 10.5 Å². The number of hydrogen-bond donors (Lipinski definition) is 1. The van der Waals surface area contributed by atoms with E-state index in [1.165, 1.54) is 0 Å². The van der Waals surface area contributed by atoms with E-state index in [-0.39, 0.29) is 6.61 Å². The lowest BCUT2D eigenvalue weighted by Gasteiger charge is -2.20. The van der Waals surface area contributed by atoms with Gasteiger partial charge in [0.1, 0.15) is 24.2 Å². The Hall–Kier alpha value is -2.82. The molecule has 2 aromatic carbocycles. The van der Waals surface area contributed by atoms with E-state index in [1.54, 1.807) is 12.1 Å². The van der Waals surface area contributed by atoms with E-state index in [0.29, 0.717) is 17.0 Å². The third kappa shape index (κ3) is 5.64. The van der Waals surface area contributed by atoms with Gasteiger partial charge in [-0.3, -0.25) is 10.1 Å². The van der Waals surface area contributed by atoms with Gasteiger partial charge in [-0.25, -0.2) is 4.79 Å². The zero-order chi connectivity index (χ0) is 18.4. The van der Waals surface area contributed by atoms with Crippen molar-refractivity contribution in [1.29, 1.82) is 0 Å². The number of anilines is 1. The van der Waals surface area contributed by atoms with Crippen LogP contribution in [0.5, 0.6) is 5.75 Å². The van der Waals surface area contributed by atoms with Gasteiger partial charge in [-0.05, 0) is 51.5 Å².